The van der Waals surface area contributed by atoms with E-state index in [2.05, 4.69) is 10.2 Å². The molecule has 0 N–H and O–H groups in total. The third kappa shape index (κ3) is 2.96. The van der Waals surface area contributed by atoms with Crippen LogP contribution in [-0.2, 0) is 4.79 Å². The normalized spacial score (nSPS) is 16.9. The number of hydrogen-bond donors (Lipinski definition) is 0. The van der Waals surface area contributed by atoms with Crippen LogP contribution in [0.1, 0.15) is 23.8 Å². The van der Waals surface area contributed by atoms with E-state index in [1.807, 2.05) is 28.5 Å². The quantitative estimate of drug-likeness (QED) is 0.814. The lowest BCUT2D eigenvalue weighted by molar-refractivity contribution is -0.127. The van der Waals surface area contributed by atoms with Crippen LogP contribution in [0.15, 0.2) is 36.0 Å². The average Bonchev–Trinajstić information content (AvgIpc) is 3.18. The molecule has 0 atom stereocenters. The van der Waals surface area contributed by atoms with Crippen LogP contribution in [0, 0.1) is 0 Å². The number of amides is 1. The molecule has 1 aliphatic heterocycles. The molecule has 6 heteroatoms. The van der Waals surface area contributed by atoms with Gasteiger partial charge >= 0.3 is 0 Å². The van der Waals surface area contributed by atoms with Crippen LogP contribution in [0.3, 0.4) is 0 Å². The van der Waals surface area contributed by atoms with Crippen LogP contribution < -0.4 is 0 Å². The predicted octanol–water partition coefficient (Wildman–Crippen LogP) is 2.22. The summed E-state index contributed by atoms with van der Waals surface area (Å²) in [6.45, 7) is 1.53. The van der Waals surface area contributed by atoms with Crippen LogP contribution in [-0.4, -0.2) is 38.9 Å². The van der Waals surface area contributed by atoms with Gasteiger partial charge in [-0.25, -0.2) is 0 Å². The number of carbonyl (C=O) groups excluding carboxylic acids is 1. The van der Waals surface area contributed by atoms with Crippen LogP contribution in [0.25, 0.3) is 6.08 Å². The summed E-state index contributed by atoms with van der Waals surface area (Å²) in [7, 11) is 0. The lowest BCUT2D eigenvalue weighted by Crippen LogP contribution is -2.38. The number of nitrogens with zero attached hydrogens (tertiary/aromatic N) is 4. The summed E-state index contributed by atoms with van der Waals surface area (Å²) in [6, 6.07) is 4.30. The third-order valence-electron chi connectivity index (χ3n) is 3.47. The molecule has 0 saturated carbocycles. The highest BCUT2D eigenvalue weighted by Crippen LogP contribution is 2.21. The van der Waals surface area contributed by atoms with Crippen LogP contribution in [0.2, 0.25) is 0 Å². The molecule has 2 aromatic rings. The van der Waals surface area contributed by atoms with Crippen molar-refractivity contribution in [3.8, 4) is 0 Å². The van der Waals surface area contributed by atoms with Crippen molar-refractivity contribution in [1.82, 2.24) is 19.9 Å². The molecule has 3 rings (SSSR count). The van der Waals surface area contributed by atoms with E-state index >= 15 is 0 Å². The lowest BCUT2D eigenvalue weighted by atomic mass is 10.1. The fraction of sp³-hybridized carbons (Fsp3) is 0.357. The van der Waals surface area contributed by atoms with Crippen molar-refractivity contribution in [2.24, 2.45) is 0 Å². The Labute approximate surface area is 121 Å². The molecule has 1 aliphatic rings. The van der Waals surface area contributed by atoms with E-state index in [0.29, 0.717) is 6.04 Å². The summed E-state index contributed by atoms with van der Waals surface area (Å²) in [4.78, 5) is 16.8. The minimum Gasteiger partial charge on any atom is -0.339 e. The summed E-state index contributed by atoms with van der Waals surface area (Å²) in [5.41, 5.74) is 0. The molecule has 0 aliphatic carbocycles. The largest absolute Gasteiger partial charge is 0.339 e. The second kappa shape index (κ2) is 6.00. The maximum absolute atomic E-state index is 12.1. The van der Waals surface area contributed by atoms with Gasteiger partial charge in [0.2, 0.25) is 5.91 Å². The minimum atomic E-state index is 0.0882. The second-order valence-electron chi connectivity index (χ2n) is 4.75. The molecule has 2 aromatic heterocycles. The molecule has 0 spiro atoms. The first kappa shape index (κ1) is 13.1. The van der Waals surface area contributed by atoms with Crippen LogP contribution >= 0.6 is 11.3 Å². The SMILES string of the molecule is O=C(C=Cc1cccs1)N1CCC(n2nccn2)CC1. The van der Waals surface area contributed by atoms with Crippen molar-refractivity contribution in [2.75, 3.05) is 13.1 Å². The molecule has 1 fully saturated rings. The molecule has 0 radical (unpaired) electrons. The first-order valence-corrected chi connectivity index (χ1v) is 7.57. The van der Waals surface area contributed by atoms with Gasteiger partial charge in [-0.2, -0.15) is 15.0 Å². The number of piperidine rings is 1. The first-order valence-electron chi connectivity index (χ1n) is 6.69. The van der Waals surface area contributed by atoms with Gasteiger partial charge in [-0.05, 0) is 30.4 Å². The Balaban J connectivity index is 1.54. The summed E-state index contributed by atoms with van der Waals surface area (Å²) < 4.78 is 0. The van der Waals surface area contributed by atoms with Crippen molar-refractivity contribution in [3.05, 3.63) is 40.9 Å². The van der Waals surface area contributed by atoms with E-state index in [9.17, 15) is 4.79 Å². The number of hydrogen-bond acceptors (Lipinski definition) is 4. The van der Waals surface area contributed by atoms with Crippen LogP contribution in [0.4, 0.5) is 0 Å². The highest BCUT2D eigenvalue weighted by molar-refractivity contribution is 7.10. The number of aromatic nitrogens is 3. The molecule has 5 nitrogen and oxygen atoms in total. The van der Waals surface area contributed by atoms with E-state index < -0.39 is 0 Å². The van der Waals surface area contributed by atoms with Gasteiger partial charge in [0, 0.05) is 24.0 Å². The van der Waals surface area contributed by atoms with Crippen molar-refractivity contribution in [3.63, 3.8) is 0 Å². The molecule has 1 amide bonds. The fourth-order valence-electron chi connectivity index (χ4n) is 2.38. The van der Waals surface area contributed by atoms with Gasteiger partial charge in [0.25, 0.3) is 0 Å². The summed E-state index contributed by atoms with van der Waals surface area (Å²) in [5, 5.41) is 10.3. The standard InChI is InChI=1S/C14H16N4OS/c19-14(4-3-13-2-1-11-20-13)17-9-5-12(6-10-17)18-15-7-8-16-18/h1-4,7-8,11-12H,5-6,9-10H2. The monoisotopic (exact) mass is 288 g/mol. The number of carbonyl (C=O) groups is 1. The van der Waals surface area contributed by atoms with Crippen molar-refractivity contribution < 1.29 is 4.79 Å². The van der Waals surface area contributed by atoms with E-state index in [1.54, 1.807) is 34.6 Å². The highest BCUT2D eigenvalue weighted by atomic mass is 32.1. The Morgan fingerprint density at radius 3 is 2.70 bits per heavy atom. The lowest BCUT2D eigenvalue weighted by Gasteiger charge is -2.30. The summed E-state index contributed by atoms with van der Waals surface area (Å²) in [5.74, 6) is 0.0882. The van der Waals surface area contributed by atoms with Crippen molar-refractivity contribution in [1.29, 1.82) is 0 Å². The molecule has 1 saturated heterocycles. The maximum Gasteiger partial charge on any atom is 0.246 e. The van der Waals surface area contributed by atoms with Gasteiger partial charge in [-0.1, -0.05) is 6.07 Å². The third-order valence-corrected chi connectivity index (χ3v) is 4.31. The fourth-order valence-corrected chi connectivity index (χ4v) is 2.99. The molecular weight excluding hydrogens is 272 g/mol. The number of rotatable bonds is 3. The highest BCUT2D eigenvalue weighted by Gasteiger charge is 2.23. The molecule has 0 unspecified atom stereocenters. The topological polar surface area (TPSA) is 51.0 Å². The number of likely N-dealkylation sites (tertiary alicyclic amines) is 1. The zero-order valence-electron chi connectivity index (χ0n) is 11.1. The van der Waals surface area contributed by atoms with Gasteiger partial charge in [0.1, 0.15) is 0 Å². The Morgan fingerprint density at radius 1 is 1.30 bits per heavy atom. The van der Waals surface area contributed by atoms with E-state index in [-0.39, 0.29) is 5.91 Å². The van der Waals surface area contributed by atoms with Crippen LogP contribution in [0.5, 0.6) is 0 Å². The molecule has 20 heavy (non-hydrogen) atoms. The van der Waals surface area contributed by atoms with Crippen molar-refractivity contribution in [2.45, 2.75) is 18.9 Å². The van der Waals surface area contributed by atoms with E-state index in [4.69, 9.17) is 0 Å². The molecule has 3 heterocycles. The van der Waals surface area contributed by atoms with E-state index in [0.717, 1.165) is 30.8 Å². The average molecular weight is 288 g/mol. The Hall–Kier alpha value is -1.95. The van der Waals surface area contributed by atoms with Gasteiger partial charge < -0.3 is 4.90 Å². The van der Waals surface area contributed by atoms with Gasteiger partial charge in [0.15, 0.2) is 0 Å². The molecule has 0 bridgehead atoms. The maximum atomic E-state index is 12.1. The smallest absolute Gasteiger partial charge is 0.246 e. The zero-order chi connectivity index (χ0) is 13.8. The summed E-state index contributed by atoms with van der Waals surface area (Å²) in [6.07, 6.45) is 8.76. The summed E-state index contributed by atoms with van der Waals surface area (Å²) >= 11 is 1.63. The Morgan fingerprint density at radius 2 is 2.05 bits per heavy atom. The second-order valence-corrected chi connectivity index (χ2v) is 5.73. The van der Waals surface area contributed by atoms with E-state index in [1.165, 1.54) is 0 Å². The first-order chi connectivity index (χ1) is 9.83. The molecular formula is C14H16N4OS. The zero-order valence-corrected chi connectivity index (χ0v) is 11.9. The number of thiophene rings is 1. The Kier molecular flexibility index (Phi) is 3.92. The molecule has 104 valence electrons. The predicted molar refractivity (Wildman–Crippen MR) is 78.2 cm³/mol. The minimum absolute atomic E-state index is 0.0882. The van der Waals surface area contributed by atoms with Gasteiger partial charge in [-0.3, -0.25) is 4.79 Å². The van der Waals surface area contributed by atoms with Gasteiger partial charge in [0.05, 0.1) is 18.4 Å². The molecule has 0 aromatic carbocycles. The Bertz CT molecular complexity index is 568. The van der Waals surface area contributed by atoms with Crippen molar-refractivity contribution >= 4 is 23.3 Å². The van der Waals surface area contributed by atoms with Gasteiger partial charge in [-0.15, -0.1) is 11.3 Å².